The van der Waals surface area contributed by atoms with Crippen molar-refractivity contribution in [1.29, 1.82) is 0 Å². The minimum absolute atomic E-state index is 0.975. The fraction of sp³-hybridized carbons (Fsp3) is 0.111. The Bertz CT molecular complexity index is 1280. The van der Waals surface area contributed by atoms with E-state index in [1.54, 1.807) is 0 Å². The Morgan fingerprint density at radius 2 is 1.71 bits per heavy atom. The maximum Gasteiger partial charge on any atom is 0.0610 e. The molecule has 1 aromatic heterocycles. The van der Waals surface area contributed by atoms with Gasteiger partial charge in [-0.05, 0) is 48.7 Å². The molecule has 0 saturated heterocycles. The molecular weight excluding hydrogens is 338 g/mol. The van der Waals surface area contributed by atoms with E-state index in [4.69, 9.17) is 0 Å². The summed E-state index contributed by atoms with van der Waals surface area (Å²) in [6.45, 7) is 4.21. The fourth-order valence-electron chi connectivity index (χ4n) is 4.24. The first-order valence-corrected chi connectivity index (χ1v) is 9.89. The minimum Gasteiger partial charge on any atom is -0.312 e. The van der Waals surface area contributed by atoms with Crippen LogP contribution in [-0.4, -0.2) is 4.57 Å². The van der Waals surface area contributed by atoms with Crippen molar-refractivity contribution in [2.24, 2.45) is 0 Å². The average molecular weight is 361 g/mol. The molecule has 136 valence electrons. The molecule has 28 heavy (non-hydrogen) atoms. The lowest BCUT2D eigenvalue weighted by Gasteiger charge is -2.10. The topological polar surface area (TPSA) is 4.93 Å². The molecule has 5 rings (SSSR count). The highest BCUT2D eigenvalue weighted by molar-refractivity contribution is 6.13. The van der Waals surface area contributed by atoms with Gasteiger partial charge in [-0.25, -0.2) is 0 Å². The van der Waals surface area contributed by atoms with E-state index in [-0.39, 0.29) is 0 Å². The third-order valence-electron chi connectivity index (χ3n) is 5.59. The van der Waals surface area contributed by atoms with Crippen LogP contribution < -0.4 is 0 Å². The standard InChI is InChI=1S/C27H23N/c1-3-7-21-8-6-11-24-25-18-22(20-14-12-19(2)13-15-20)16-17-26(25)28(27(21)24)23-9-4-5-10-23/h3-9,11-18H,10H2,1-2H3/b7-3+. The second kappa shape index (κ2) is 6.69. The Morgan fingerprint density at radius 1 is 0.893 bits per heavy atom. The van der Waals surface area contributed by atoms with E-state index in [2.05, 4.69) is 109 Å². The van der Waals surface area contributed by atoms with Crippen molar-refractivity contribution in [1.82, 2.24) is 4.57 Å². The van der Waals surface area contributed by atoms with Gasteiger partial charge in [0.05, 0.1) is 11.0 Å². The average Bonchev–Trinajstić information content (AvgIpc) is 3.35. The summed E-state index contributed by atoms with van der Waals surface area (Å²) >= 11 is 0. The summed E-state index contributed by atoms with van der Waals surface area (Å²) in [6.07, 6.45) is 11.9. The van der Waals surface area contributed by atoms with Gasteiger partial charge >= 0.3 is 0 Å². The van der Waals surface area contributed by atoms with Crippen molar-refractivity contribution in [2.75, 3.05) is 0 Å². The van der Waals surface area contributed by atoms with Gasteiger partial charge in [-0.1, -0.05) is 78.4 Å². The quantitative estimate of drug-likeness (QED) is 0.354. The summed E-state index contributed by atoms with van der Waals surface area (Å²) in [4.78, 5) is 0. The van der Waals surface area contributed by atoms with Crippen LogP contribution in [0.5, 0.6) is 0 Å². The molecule has 1 heteroatoms. The van der Waals surface area contributed by atoms with Gasteiger partial charge in [-0.3, -0.25) is 0 Å². The number of hydrogen-bond donors (Lipinski definition) is 0. The van der Waals surface area contributed by atoms with Gasteiger partial charge in [0.1, 0.15) is 0 Å². The number of hydrogen-bond acceptors (Lipinski definition) is 0. The first-order valence-electron chi connectivity index (χ1n) is 9.89. The van der Waals surface area contributed by atoms with E-state index in [0.717, 1.165) is 6.42 Å². The number of aromatic nitrogens is 1. The predicted octanol–water partition coefficient (Wildman–Crippen LogP) is 7.60. The largest absolute Gasteiger partial charge is 0.312 e. The molecule has 0 saturated carbocycles. The highest BCUT2D eigenvalue weighted by Crippen LogP contribution is 2.38. The molecule has 0 bridgehead atoms. The van der Waals surface area contributed by atoms with Gasteiger partial charge in [-0.2, -0.15) is 0 Å². The Kier molecular flexibility index (Phi) is 4.02. The van der Waals surface area contributed by atoms with Gasteiger partial charge in [0.2, 0.25) is 0 Å². The number of aryl methyl sites for hydroxylation is 1. The van der Waals surface area contributed by atoms with Crippen molar-refractivity contribution in [3.05, 3.63) is 96.1 Å². The predicted molar refractivity (Wildman–Crippen MR) is 122 cm³/mol. The van der Waals surface area contributed by atoms with Crippen molar-refractivity contribution in [2.45, 2.75) is 20.3 Å². The number of nitrogens with zero attached hydrogens (tertiary/aromatic N) is 1. The molecule has 0 fully saturated rings. The molecule has 1 nitrogen and oxygen atoms in total. The Balaban J connectivity index is 1.84. The molecule has 0 amide bonds. The van der Waals surface area contributed by atoms with Crippen molar-refractivity contribution >= 4 is 33.6 Å². The molecule has 0 radical (unpaired) electrons. The molecule has 3 aromatic carbocycles. The summed E-state index contributed by atoms with van der Waals surface area (Å²) in [7, 11) is 0. The third kappa shape index (κ3) is 2.63. The van der Waals surface area contributed by atoms with E-state index in [1.807, 2.05) is 0 Å². The number of para-hydroxylation sites is 1. The molecule has 0 aliphatic heterocycles. The minimum atomic E-state index is 0.975. The van der Waals surface area contributed by atoms with E-state index >= 15 is 0 Å². The summed E-state index contributed by atoms with van der Waals surface area (Å²) in [6, 6.07) is 22.3. The molecule has 0 atom stereocenters. The number of rotatable bonds is 3. The lowest BCUT2D eigenvalue weighted by atomic mass is 10.0. The zero-order valence-electron chi connectivity index (χ0n) is 16.3. The van der Waals surface area contributed by atoms with Gasteiger partial charge in [0.15, 0.2) is 0 Å². The van der Waals surface area contributed by atoms with Crippen LogP contribution in [0, 0.1) is 6.92 Å². The zero-order valence-corrected chi connectivity index (χ0v) is 16.3. The summed E-state index contributed by atoms with van der Waals surface area (Å²) in [5.41, 5.74) is 8.99. The van der Waals surface area contributed by atoms with Crippen LogP contribution in [0.25, 0.3) is 44.7 Å². The Hall–Kier alpha value is -3.32. The van der Waals surface area contributed by atoms with Crippen LogP contribution in [0.1, 0.15) is 24.5 Å². The SMILES string of the molecule is C/C=C/c1cccc2c3cc(-c4ccc(C)cc4)ccc3n(C3=CC=CC3)c12. The third-order valence-corrected chi connectivity index (χ3v) is 5.59. The van der Waals surface area contributed by atoms with Crippen molar-refractivity contribution < 1.29 is 0 Å². The molecule has 1 aliphatic rings. The first kappa shape index (κ1) is 16.8. The number of benzene rings is 3. The monoisotopic (exact) mass is 361 g/mol. The van der Waals surface area contributed by atoms with Gasteiger partial charge in [-0.15, -0.1) is 0 Å². The van der Waals surface area contributed by atoms with Gasteiger partial charge < -0.3 is 4.57 Å². The zero-order chi connectivity index (χ0) is 19.1. The summed E-state index contributed by atoms with van der Waals surface area (Å²) in [5.74, 6) is 0. The molecular formula is C27H23N. The maximum atomic E-state index is 2.44. The van der Waals surface area contributed by atoms with Gasteiger partial charge in [0, 0.05) is 22.9 Å². The fourth-order valence-corrected chi connectivity index (χ4v) is 4.24. The molecule has 0 N–H and O–H groups in total. The lowest BCUT2D eigenvalue weighted by Crippen LogP contribution is -1.96. The smallest absolute Gasteiger partial charge is 0.0610 e. The Morgan fingerprint density at radius 3 is 2.46 bits per heavy atom. The van der Waals surface area contributed by atoms with E-state index < -0.39 is 0 Å². The highest BCUT2D eigenvalue weighted by atomic mass is 15.0. The molecule has 4 aromatic rings. The van der Waals surface area contributed by atoms with E-state index in [9.17, 15) is 0 Å². The van der Waals surface area contributed by atoms with Crippen LogP contribution in [0.2, 0.25) is 0 Å². The molecule has 1 heterocycles. The van der Waals surface area contributed by atoms with Crippen molar-refractivity contribution in [3.63, 3.8) is 0 Å². The van der Waals surface area contributed by atoms with Crippen LogP contribution >= 0.6 is 0 Å². The van der Waals surface area contributed by atoms with Crippen LogP contribution in [0.15, 0.2) is 85.0 Å². The molecule has 1 aliphatic carbocycles. The Labute approximate surface area is 165 Å². The van der Waals surface area contributed by atoms with Gasteiger partial charge in [0.25, 0.3) is 0 Å². The first-order chi connectivity index (χ1) is 13.8. The number of allylic oxidation sites excluding steroid dienone is 5. The van der Waals surface area contributed by atoms with E-state index in [0.29, 0.717) is 0 Å². The van der Waals surface area contributed by atoms with Crippen LogP contribution in [-0.2, 0) is 0 Å². The van der Waals surface area contributed by atoms with Crippen LogP contribution in [0.3, 0.4) is 0 Å². The van der Waals surface area contributed by atoms with Crippen LogP contribution in [0.4, 0.5) is 0 Å². The molecule has 0 unspecified atom stereocenters. The summed E-state index contributed by atoms with van der Waals surface area (Å²) in [5, 5.41) is 2.62. The molecule has 0 spiro atoms. The highest BCUT2D eigenvalue weighted by Gasteiger charge is 2.17. The second-order valence-corrected chi connectivity index (χ2v) is 7.47. The van der Waals surface area contributed by atoms with Crippen molar-refractivity contribution in [3.8, 4) is 11.1 Å². The lowest BCUT2D eigenvalue weighted by molar-refractivity contribution is 1.15. The van der Waals surface area contributed by atoms with E-state index in [1.165, 1.54) is 49.8 Å². The number of fused-ring (bicyclic) bond motifs is 3. The summed E-state index contributed by atoms with van der Waals surface area (Å²) < 4.78 is 2.44. The second-order valence-electron chi connectivity index (χ2n) is 7.47. The maximum absolute atomic E-state index is 2.44. The normalized spacial score (nSPS) is 13.9.